The third-order valence-electron chi connectivity index (χ3n) is 4.63. The van der Waals surface area contributed by atoms with E-state index >= 15 is 0 Å². The lowest BCUT2D eigenvalue weighted by molar-refractivity contribution is -0.387. The minimum Gasteiger partial charge on any atom is -0.378 e. The van der Waals surface area contributed by atoms with Crippen molar-refractivity contribution in [2.24, 2.45) is 0 Å². The molecule has 0 aromatic heterocycles. The zero-order chi connectivity index (χ0) is 19.9. The average Bonchev–Trinajstić information content (AvgIpc) is 2.52. The first-order valence-electron chi connectivity index (χ1n) is 8.93. The minimum absolute atomic E-state index is 0.222. The van der Waals surface area contributed by atoms with E-state index in [4.69, 9.17) is 0 Å². The summed E-state index contributed by atoms with van der Waals surface area (Å²) in [6.45, 7) is 12.2. The Hall–Kier alpha value is -2.36. The number of hydrogen-bond acceptors (Lipinski definition) is 3. The van der Waals surface area contributed by atoms with E-state index in [1.807, 2.05) is 67.8 Å². The van der Waals surface area contributed by atoms with Crippen molar-refractivity contribution in [3.8, 4) is 11.1 Å². The molecule has 0 bridgehead atoms. The second kappa shape index (κ2) is 6.75. The standard InChI is InChI=1S/C22H30N2O2/c1-21(2,3)18-13-16(15-9-11-17(12-10-15)23(7)8)14-19(22(4,5)6)20(18)24(25)26/h9-14H,1-8H3. The highest BCUT2D eigenvalue weighted by atomic mass is 16.6. The molecule has 26 heavy (non-hydrogen) atoms. The molecule has 2 aromatic rings. The predicted molar refractivity (Wildman–Crippen MR) is 110 cm³/mol. The highest BCUT2D eigenvalue weighted by Gasteiger charge is 2.33. The first kappa shape index (κ1) is 20.0. The SMILES string of the molecule is CN(C)c1ccc(-c2cc(C(C)(C)C)c([N+](=O)[O-])c(C(C)(C)C)c2)cc1. The maximum Gasteiger partial charge on any atom is 0.276 e. The van der Waals surface area contributed by atoms with Gasteiger partial charge in [-0.3, -0.25) is 10.1 Å². The molecule has 0 unspecified atom stereocenters. The van der Waals surface area contributed by atoms with Crippen molar-refractivity contribution in [2.75, 3.05) is 19.0 Å². The van der Waals surface area contributed by atoms with Crippen molar-refractivity contribution in [1.29, 1.82) is 0 Å². The van der Waals surface area contributed by atoms with Crippen LogP contribution in [-0.4, -0.2) is 19.0 Å². The summed E-state index contributed by atoms with van der Waals surface area (Å²) in [4.78, 5) is 13.7. The highest BCUT2D eigenvalue weighted by Crippen LogP contribution is 2.42. The second-order valence-electron chi connectivity index (χ2n) is 9.12. The van der Waals surface area contributed by atoms with Crippen molar-refractivity contribution in [1.82, 2.24) is 0 Å². The van der Waals surface area contributed by atoms with Gasteiger partial charge in [-0.2, -0.15) is 0 Å². The first-order chi connectivity index (χ1) is 11.8. The van der Waals surface area contributed by atoms with E-state index in [2.05, 4.69) is 29.2 Å². The quantitative estimate of drug-likeness (QED) is 0.507. The molecule has 0 radical (unpaired) electrons. The van der Waals surface area contributed by atoms with Gasteiger partial charge in [-0.15, -0.1) is 0 Å². The van der Waals surface area contributed by atoms with E-state index in [0.717, 1.165) is 27.9 Å². The first-order valence-corrected chi connectivity index (χ1v) is 8.93. The average molecular weight is 354 g/mol. The molecule has 0 aliphatic carbocycles. The van der Waals surface area contributed by atoms with Gasteiger partial charge in [0.1, 0.15) is 0 Å². The topological polar surface area (TPSA) is 46.4 Å². The van der Waals surface area contributed by atoms with E-state index in [1.165, 1.54) is 0 Å². The zero-order valence-corrected chi connectivity index (χ0v) is 17.2. The molecule has 0 aliphatic heterocycles. The van der Waals surface area contributed by atoms with Crippen LogP contribution in [0.5, 0.6) is 0 Å². The number of nitro benzene ring substituents is 1. The van der Waals surface area contributed by atoms with Crippen molar-refractivity contribution in [3.05, 3.63) is 57.6 Å². The third-order valence-corrected chi connectivity index (χ3v) is 4.63. The van der Waals surface area contributed by atoms with E-state index in [-0.39, 0.29) is 21.4 Å². The zero-order valence-electron chi connectivity index (χ0n) is 17.2. The van der Waals surface area contributed by atoms with Gasteiger partial charge in [-0.05, 0) is 46.2 Å². The molecule has 0 atom stereocenters. The van der Waals surface area contributed by atoms with Crippen LogP contribution >= 0.6 is 0 Å². The maximum atomic E-state index is 11.9. The van der Waals surface area contributed by atoms with Gasteiger partial charge in [0.15, 0.2) is 0 Å². The molecule has 0 saturated carbocycles. The van der Waals surface area contributed by atoms with E-state index in [9.17, 15) is 10.1 Å². The Morgan fingerprint density at radius 2 is 1.23 bits per heavy atom. The number of anilines is 1. The number of benzene rings is 2. The minimum atomic E-state index is -0.317. The number of nitro groups is 1. The van der Waals surface area contributed by atoms with Crippen molar-refractivity contribution < 1.29 is 4.92 Å². The molecule has 0 saturated heterocycles. The molecule has 4 heteroatoms. The lowest BCUT2D eigenvalue weighted by Gasteiger charge is -2.26. The Kier molecular flexibility index (Phi) is 5.18. The molecule has 0 fully saturated rings. The predicted octanol–water partition coefficient (Wildman–Crippen LogP) is 5.92. The van der Waals surface area contributed by atoms with Crippen LogP contribution in [0.3, 0.4) is 0 Å². The molecule has 0 aliphatic rings. The van der Waals surface area contributed by atoms with Gasteiger partial charge >= 0.3 is 0 Å². The van der Waals surface area contributed by atoms with Gasteiger partial charge in [0.05, 0.1) is 4.92 Å². The Balaban J connectivity index is 2.78. The summed E-state index contributed by atoms with van der Waals surface area (Å²) < 4.78 is 0. The van der Waals surface area contributed by atoms with E-state index < -0.39 is 0 Å². The normalized spacial score (nSPS) is 12.2. The number of nitrogens with zero attached hydrogens (tertiary/aromatic N) is 2. The van der Waals surface area contributed by atoms with E-state index in [0.29, 0.717) is 0 Å². The molecule has 2 rings (SSSR count). The maximum absolute atomic E-state index is 11.9. The summed E-state index contributed by atoms with van der Waals surface area (Å²) in [6.07, 6.45) is 0. The summed E-state index contributed by atoms with van der Waals surface area (Å²) in [7, 11) is 4.02. The molecule has 140 valence electrons. The smallest absolute Gasteiger partial charge is 0.276 e. The summed E-state index contributed by atoms with van der Waals surface area (Å²) in [5.74, 6) is 0. The van der Waals surface area contributed by atoms with Crippen LogP contribution in [0.4, 0.5) is 11.4 Å². The summed E-state index contributed by atoms with van der Waals surface area (Å²) in [6, 6.07) is 12.3. The second-order valence-corrected chi connectivity index (χ2v) is 9.12. The van der Waals surface area contributed by atoms with Gasteiger partial charge < -0.3 is 4.90 Å². The fourth-order valence-electron chi connectivity index (χ4n) is 3.09. The highest BCUT2D eigenvalue weighted by molar-refractivity contribution is 5.72. The third kappa shape index (κ3) is 4.06. The van der Waals surface area contributed by atoms with Crippen LogP contribution in [0.2, 0.25) is 0 Å². The lowest BCUT2D eigenvalue weighted by atomic mass is 9.77. The largest absolute Gasteiger partial charge is 0.378 e. The molecular weight excluding hydrogens is 324 g/mol. The number of hydrogen-bond donors (Lipinski definition) is 0. The van der Waals surface area contributed by atoms with E-state index in [1.54, 1.807) is 0 Å². The van der Waals surface area contributed by atoms with Gasteiger partial charge in [-0.1, -0.05) is 53.7 Å². The number of rotatable bonds is 3. The summed E-state index contributed by atoms with van der Waals surface area (Å²) >= 11 is 0. The van der Waals surface area contributed by atoms with Gasteiger partial charge in [0.2, 0.25) is 0 Å². The molecule has 0 spiro atoms. The van der Waals surface area contributed by atoms with Crippen LogP contribution in [0.15, 0.2) is 36.4 Å². The lowest BCUT2D eigenvalue weighted by Crippen LogP contribution is -2.20. The molecule has 0 amide bonds. The molecule has 0 N–H and O–H groups in total. The van der Waals surface area contributed by atoms with Crippen LogP contribution < -0.4 is 4.90 Å². The van der Waals surface area contributed by atoms with Crippen LogP contribution in [-0.2, 0) is 10.8 Å². The molecular formula is C22H30N2O2. The summed E-state index contributed by atoms with van der Waals surface area (Å²) in [5.41, 5.74) is 4.39. The monoisotopic (exact) mass is 354 g/mol. The Morgan fingerprint density at radius 1 is 0.808 bits per heavy atom. The Labute approximate surface area is 157 Å². The van der Waals surface area contributed by atoms with Crippen molar-refractivity contribution >= 4 is 11.4 Å². The molecule has 0 heterocycles. The van der Waals surface area contributed by atoms with Gasteiger partial charge in [-0.25, -0.2) is 0 Å². The van der Waals surface area contributed by atoms with Crippen LogP contribution in [0.25, 0.3) is 11.1 Å². The van der Waals surface area contributed by atoms with Crippen LogP contribution in [0, 0.1) is 10.1 Å². The summed E-state index contributed by atoms with van der Waals surface area (Å²) in [5, 5.41) is 11.9. The Morgan fingerprint density at radius 3 is 1.54 bits per heavy atom. The fraction of sp³-hybridized carbons (Fsp3) is 0.455. The van der Waals surface area contributed by atoms with Gasteiger partial charge in [0.25, 0.3) is 5.69 Å². The fourth-order valence-corrected chi connectivity index (χ4v) is 3.09. The van der Waals surface area contributed by atoms with Crippen molar-refractivity contribution in [3.63, 3.8) is 0 Å². The van der Waals surface area contributed by atoms with Gasteiger partial charge in [0, 0.05) is 30.9 Å². The Bertz CT molecular complexity index is 773. The molecule has 4 nitrogen and oxygen atoms in total. The van der Waals surface area contributed by atoms with Crippen molar-refractivity contribution in [2.45, 2.75) is 52.4 Å². The van der Waals surface area contributed by atoms with Crippen LogP contribution in [0.1, 0.15) is 52.7 Å². The molecule has 2 aromatic carbocycles.